The Hall–Kier alpha value is -3.49. The molecule has 0 atom stereocenters. The Labute approximate surface area is 186 Å². The summed E-state index contributed by atoms with van der Waals surface area (Å²) in [5.74, 6) is 0.512. The average Bonchev–Trinajstić information content (AvgIpc) is 3.46. The number of thiazole rings is 1. The zero-order valence-corrected chi connectivity index (χ0v) is 18.0. The van der Waals surface area contributed by atoms with E-state index in [0.717, 1.165) is 26.5 Å². The number of nitrogens with zero attached hydrogens (tertiary/aromatic N) is 3. The number of nitrogens with one attached hydrogen (secondary N) is 1. The molecule has 1 aliphatic heterocycles. The molecule has 31 heavy (non-hydrogen) atoms. The van der Waals surface area contributed by atoms with Crippen LogP contribution in [0.25, 0.3) is 11.3 Å². The zero-order valence-electron chi connectivity index (χ0n) is 16.4. The standard InChI is InChI=1S/C23H18N4O2S2/c28-22-14-29-21-9-8-17(11-19(21)26-22)20-15-31-23(24-12-16-5-2-1-3-6-16)27(20)25-13-18-7-4-10-30-18/h1-11,13,15H,12,14H2,(H,26,28). The summed E-state index contributed by atoms with van der Waals surface area (Å²) in [6.07, 6.45) is 1.84. The van der Waals surface area contributed by atoms with Crippen LogP contribution in [-0.4, -0.2) is 23.4 Å². The molecule has 6 nitrogen and oxygen atoms in total. The third-order valence-electron chi connectivity index (χ3n) is 4.68. The first-order valence-corrected chi connectivity index (χ1v) is 11.4. The number of fused-ring (bicyclic) bond motifs is 1. The van der Waals surface area contributed by atoms with Crippen LogP contribution in [-0.2, 0) is 11.3 Å². The van der Waals surface area contributed by atoms with E-state index in [0.29, 0.717) is 18.0 Å². The van der Waals surface area contributed by atoms with Crippen LogP contribution in [0.3, 0.4) is 0 Å². The first-order chi connectivity index (χ1) is 15.3. The molecule has 0 saturated heterocycles. The maximum absolute atomic E-state index is 11.7. The highest BCUT2D eigenvalue weighted by atomic mass is 32.1. The van der Waals surface area contributed by atoms with Crippen molar-refractivity contribution in [1.29, 1.82) is 0 Å². The molecule has 5 rings (SSSR count). The molecule has 0 bridgehead atoms. The van der Waals surface area contributed by atoms with E-state index in [4.69, 9.17) is 14.8 Å². The van der Waals surface area contributed by atoms with Gasteiger partial charge in [-0.25, -0.2) is 4.68 Å². The third-order valence-corrected chi connectivity index (χ3v) is 6.34. The van der Waals surface area contributed by atoms with Crippen LogP contribution in [0, 0.1) is 0 Å². The second-order valence-corrected chi connectivity index (χ2v) is 8.64. The van der Waals surface area contributed by atoms with Gasteiger partial charge in [0.05, 0.1) is 24.1 Å². The van der Waals surface area contributed by atoms with E-state index in [1.807, 2.05) is 70.2 Å². The van der Waals surface area contributed by atoms with Gasteiger partial charge in [0.1, 0.15) is 5.75 Å². The van der Waals surface area contributed by atoms with Crippen molar-refractivity contribution in [3.63, 3.8) is 0 Å². The molecule has 0 radical (unpaired) electrons. The topological polar surface area (TPSA) is 68.0 Å². The van der Waals surface area contributed by atoms with Crippen LogP contribution in [0.2, 0.25) is 0 Å². The van der Waals surface area contributed by atoms with Gasteiger partial charge in [-0.1, -0.05) is 36.4 Å². The second-order valence-electron chi connectivity index (χ2n) is 6.82. The van der Waals surface area contributed by atoms with Crippen LogP contribution in [0.5, 0.6) is 5.75 Å². The van der Waals surface area contributed by atoms with Crippen LogP contribution >= 0.6 is 22.7 Å². The normalized spacial score (nSPS) is 13.8. The lowest BCUT2D eigenvalue weighted by Crippen LogP contribution is -2.25. The summed E-state index contributed by atoms with van der Waals surface area (Å²) in [6.45, 7) is 0.613. The minimum Gasteiger partial charge on any atom is -0.482 e. The number of hydrogen-bond acceptors (Lipinski definition) is 6. The summed E-state index contributed by atoms with van der Waals surface area (Å²) >= 11 is 3.16. The molecule has 1 N–H and O–H groups in total. The lowest BCUT2D eigenvalue weighted by atomic mass is 10.1. The molecular formula is C23H18N4O2S2. The smallest absolute Gasteiger partial charge is 0.262 e. The van der Waals surface area contributed by atoms with Gasteiger partial charge in [-0.2, -0.15) is 5.10 Å². The number of benzene rings is 2. The largest absolute Gasteiger partial charge is 0.482 e. The molecule has 3 heterocycles. The van der Waals surface area contributed by atoms with Crippen LogP contribution in [0.15, 0.2) is 81.5 Å². The van der Waals surface area contributed by atoms with Crippen LogP contribution in [0.1, 0.15) is 10.4 Å². The van der Waals surface area contributed by atoms with Gasteiger partial charge in [-0.3, -0.25) is 9.79 Å². The van der Waals surface area contributed by atoms with Gasteiger partial charge in [0.25, 0.3) is 5.91 Å². The van der Waals surface area contributed by atoms with Gasteiger partial charge in [0.15, 0.2) is 6.61 Å². The summed E-state index contributed by atoms with van der Waals surface area (Å²) < 4.78 is 7.33. The molecule has 0 fully saturated rings. The predicted octanol–water partition coefficient (Wildman–Crippen LogP) is 4.59. The number of hydrogen-bond donors (Lipinski definition) is 1. The van der Waals surface area contributed by atoms with Crippen molar-refractivity contribution in [3.05, 3.63) is 86.7 Å². The fourth-order valence-corrected chi connectivity index (χ4v) is 4.60. The number of rotatable bonds is 5. The fraction of sp³-hybridized carbons (Fsp3) is 0.0870. The molecule has 0 spiro atoms. The summed E-state index contributed by atoms with van der Waals surface area (Å²) in [6, 6.07) is 19.9. The number of anilines is 1. The highest BCUT2D eigenvalue weighted by Crippen LogP contribution is 2.32. The van der Waals surface area contributed by atoms with E-state index in [-0.39, 0.29) is 12.5 Å². The Morgan fingerprint density at radius 3 is 2.84 bits per heavy atom. The van der Waals surface area contributed by atoms with E-state index in [2.05, 4.69) is 17.4 Å². The maximum Gasteiger partial charge on any atom is 0.262 e. The van der Waals surface area contributed by atoms with E-state index < -0.39 is 0 Å². The van der Waals surface area contributed by atoms with Crippen molar-refractivity contribution in [3.8, 4) is 17.0 Å². The highest BCUT2D eigenvalue weighted by molar-refractivity contribution is 7.11. The monoisotopic (exact) mass is 446 g/mol. The number of aromatic nitrogens is 1. The Morgan fingerprint density at radius 1 is 1.10 bits per heavy atom. The molecule has 2 aromatic carbocycles. The molecule has 1 aliphatic rings. The molecule has 154 valence electrons. The van der Waals surface area contributed by atoms with Gasteiger partial charge in [-0.05, 0) is 35.2 Å². The van der Waals surface area contributed by atoms with Crippen molar-refractivity contribution < 1.29 is 9.53 Å². The third kappa shape index (κ3) is 4.35. The predicted molar refractivity (Wildman–Crippen MR) is 125 cm³/mol. The van der Waals surface area contributed by atoms with Gasteiger partial charge in [-0.15, -0.1) is 22.7 Å². The van der Waals surface area contributed by atoms with Gasteiger partial charge < -0.3 is 10.1 Å². The summed E-state index contributed by atoms with van der Waals surface area (Å²) in [7, 11) is 0. The van der Waals surface area contributed by atoms with E-state index in [1.54, 1.807) is 11.3 Å². The fourth-order valence-electron chi connectivity index (χ4n) is 3.18. The Bertz CT molecular complexity index is 1310. The molecule has 1 amide bonds. The van der Waals surface area contributed by atoms with Crippen molar-refractivity contribution in [2.45, 2.75) is 6.54 Å². The lowest BCUT2D eigenvalue weighted by Gasteiger charge is -2.18. The highest BCUT2D eigenvalue weighted by Gasteiger charge is 2.17. The molecule has 2 aromatic heterocycles. The number of carbonyl (C=O) groups is 1. The first kappa shape index (κ1) is 19.5. The van der Waals surface area contributed by atoms with Crippen LogP contribution < -0.4 is 14.9 Å². The number of carbonyl (C=O) groups excluding carboxylic acids is 1. The van der Waals surface area contributed by atoms with Gasteiger partial charge >= 0.3 is 0 Å². The summed E-state index contributed by atoms with van der Waals surface area (Å²) in [5.41, 5.74) is 3.62. The van der Waals surface area contributed by atoms with Gasteiger partial charge in [0.2, 0.25) is 4.80 Å². The summed E-state index contributed by atoms with van der Waals surface area (Å²) in [4.78, 5) is 18.4. The van der Waals surface area contributed by atoms with Crippen molar-refractivity contribution in [1.82, 2.24) is 4.68 Å². The molecular weight excluding hydrogens is 428 g/mol. The average molecular weight is 447 g/mol. The first-order valence-electron chi connectivity index (χ1n) is 9.66. The van der Waals surface area contributed by atoms with E-state index in [1.165, 1.54) is 11.3 Å². The number of amides is 1. The molecule has 4 aromatic rings. The maximum atomic E-state index is 11.7. The molecule has 0 saturated carbocycles. The molecule has 8 heteroatoms. The summed E-state index contributed by atoms with van der Waals surface area (Å²) in [5, 5.41) is 11.6. The van der Waals surface area contributed by atoms with Crippen molar-refractivity contribution in [2.24, 2.45) is 10.1 Å². The van der Waals surface area contributed by atoms with E-state index in [9.17, 15) is 4.79 Å². The lowest BCUT2D eigenvalue weighted by molar-refractivity contribution is -0.118. The zero-order chi connectivity index (χ0) is 21.0. The van der Waals surface area contributed by atoms with Crippen LogP contribution in [0.4, 0.5) is 5.69 Å². The Kier molecular flexibility index (Phi) is 5.47. The number of ether oxygens (including phenoxy) is 1. The van der Waals surface area contributed by atoms with E-state index >= 15 is 0 Å². The minimum atomic E-state index is -0.155. The quantitative estimate of drug-likeness (QED) is 0.456. The molecule has 0 aliphatic carbocycles. The number of thiophene rings is 1. The molecule has 0 unspecified atom stereocenters. The van der Waals surface area contributed by atoms with Gasteiger partial charge in [0, 0.05) is 15.8 Å². The minimum absolute atomic E-state index is 0.0401. The second kappa shape index (κ2) is 8.71. The SMILES string of the molecule is O=C1COc2ccc(-c3csc(=NCc4ccccc4)n3N=Cc3cccs3)cc2N1. The Balaban J connectivity index is 1.56. The van der Waals surface area contributed by atoms with Crippen molar-refractivity contribution >= 4 is 40.5 Å². The van der Waals surface area contributed by atoms with Crippen molar-refractivity contribution in [2.75, 3.05) is 11.9 Å². The Morgan fingerprint density at radius 2 is 2.00 bits per heavy atom.